The summed E-state index contributed by atoms with van der Waals surface area (Å²) in [6.07, 6.45) is 9.66. The van der Waals surface area contributed by atoms with Crippen LogP contribution in [0.5, 0.6) is 0 Å². The number of nitrogens with one attached hydrogen (secondary N) is 1. The van der Waals surface area contributed by atoms with Crippen LogP contribution in [-0.2, 0) is 6.42 Å². The molecule has 0 saturated carbocycles. The first-order valence-electron chi connectivity index (χ1n) is 14.9. The molecular formula is C35H43F2N5. The molecule has 0 fully saturated rings. The van der Waals surface area contributed by atoms with Crippen molar-refractivity contribution in [1.82, 2.24) is 5.32 Å². The highest BCUT2D eigenvalue weighted by Gasteiger charge is 2.39. The monoisotopic (exact) mass is 571 g/mol. The van der Waals surface area contributed by atoms with Crippen LogP contribution < -0.4 is 5.32 Å². The van der Waals surface area contributed by atoms with Gasteiger partial charge < -0.3 is 5.32 Å². The van der Waals surface area contributed by atoms with E-state index in [0.29, 0.717) is 12.8 Å². The van der Waals surface area contributed by atoms with E-state index in [1.54, 1.807) is 6.07 Å². The zero-order valence-electron chi connectivity index (χ0n) is 26.0. The third-order valence-corrected chi connectivity index (χ3v) is 8.14. The van der Waals surface area contributed by atoms with Gasteiger partial charge in [-0.05, 0) is 114 Å². The van der Waals surface area contributed by atoms with Crippen molar-refractivity contribution >= 4 is 23.9 Å². The summed E-state index contributed by atoms with van der Waals surface area (Å²) in [7, 11) is 0. The van der Waals surface area contributed by atoms with Crippen molar-refractivity contribution in [3.05, 3.63) is 93.3 Å². The zero-order valence-corrected chi connectivity index (χ0v) is 26.0. The molecule has 5 nitrogen and oxygen atoms in total. The van der Waals surface area contributed by atoms with Crippen LogP contribution in [0.3, 0.4) is 0 Å². The number of halogens is 2. The fraction of sp³-hybridized carbons (Fsp3) is 0.429. The van der Waals surface area contributed by atoms with Crippen molar-refractivity contribution < 1.29 is 8.78 Å². The van der Waals surface area contributed by atoms with E-state index in [4.69, 9.17) is 9.98 Å². The Morgan fingerprint density at radius 2 is 1.88 bits per heavy atom. The predicted octanol–water partition coefficient (Wildman–Crippen LogP) is 8.31. The maximum absolute atomic E-state index is 14.1. The van der Waals surface area contributed by atoms with Crippen LogP contribution in [0.15, 0.2) is 79.6 Å². The number of nitrogens with zero attached hydrogens (tertiary/aromatic N) is 4. The summed E-state index contributed by atoms with van der Waals surface area (Å²) in [6.45, 7) is 15.6. The second-order valence-corrected chi connectivity index (χ2v) is 12.1. The van der Waals surface area contributed by atoms with Gasteiger partial charge in [0.05, 0.1) is 22.6 Å². The fourth-order valence-electron chi connectivity index (χ4n) is 5.80. The van der Waals surface area contributed by atoms with Crippen molar-refractivity contribution in [2.45, 2.75) is 86.1 Å². The smallest absolute Gasteiger partial charge is 0.159 e. The number of allylic oxidation sites excluding steroid dienone is 2. The van der Waals surface area contributed by atoms with Gasteiger partial charge in [0.15, 0.2) is 11.6 Å². The van der Waals surface area contributed by atoms with Crippen LogP contribution in [0.25, 0.3) is 0 Å². The number of hydrogen-bond acceptors (Lipinski definition) is 5. The van der Waals surface area contributed by atoms with Crippen molar-refractivity contribution in [1.29, 1.82) is 0 Å². The number of aliphatic imine (C=N–C) groups is 2. The Morgan fingerprint density at radius 1 is 1.10 bits per heavy atom. The summed E-state index contributed by atoms with van der Waals surface area (Å²) in [4.78, 5) is 10.2. The lowest BCUT2D eigenvalue weighted by Crippen LogP contribution is -2.26. The minimum atomic E-state index is -0.840. The Labute approximate surface area is 249 Å². The molecule has 1 unspecified atom stereocenters. The summed E-state index contributed by atoms with van der Waals surface area (Å²) >= 11 is 0. The molecule has 2 aromatic rings. The van der Waals surface area contributed by atoms with Gasteiger partial charge in [0.2, 0.25) is 0 Å². The largest absolute Gasteiger partial charge is 0.384 e. The van der Waals surface area contributed by atoms with Gasteiger partial charge in [0, 0.05) is 35.7 Å². The lowest BCUT2D eigenvalue weighted by molar-refractivity contribution is 0.408. The molecule has 2 aliphatic heterocycles. The van der Waals surface area contributed by atoms with Gasteiger partial charge in [0.25, 0.3) is 0 Å². The van der Waals surface area contributed by atoms with Gasteiger partial charge >= 0.3 is 0 Å². The molecule has 0 saturated heterocycles. The van der Waals surface area contributed by atoms with Gasteiger partial charge in [-0.25, -0.2) is 8.78 Å². The van der Waals surface area contributed by atoms with Crippen molar-refractivity contribution in [3.8, 4) is 0 Å². The molecule has 4 rings (SSSR count). The normalized spacial score (nSPS) is 20.9. The maximum atomic E-state index is 14.1. The summed E-state index contributed by atoms with van der Waals surface area (Å²) < 4.78 is 27.7. The average Bonchev–Trinajstić information content (AvgIpc) is 3.27. The summed E-state index contributed by atoms with van der Waals surface area (Å²) in [6, 6.07) is 10.4. The van der Waals surface area contributed by atoms with E-state index in [1.165, 1.54) is 12.1 Å². The highest BCUT2D eigenvalue weighted by atomic mass is 19.2. The van der Waals surface area contributed by atoms with E-state index in [-0.39, 0.29) is 11.0 Å². The second-order valence-electron chi connectivity index (χ2n) is 12.1. The number of rotatable bonds is 10. The summed E-state index contributed by atoms with van der Waals surface area (Å²) in [5.41, 5.74) is 8.34. The van der Waals surface area contributed by atoms with Gasteiger partial charge in [-0.3, -0.25) is 9.98 Å². The second kappa shape index (κ2) is 13.1. The molecule has 2 aliphatic rings. The zero-order chi connectivity index (χ0) is 30.5. The molecular weight excluding hydrogens is 528 g/mol. The van der Waals surface area contributed by atoms with E-state index in [2.05, 4.69) is 87.6 Å². The van der Waals surface area contributed by atoms with Gasteiger partial charge in [0.1, 0.15) is 0 Å². The molecule has 1 N–H and O–H groups in total. The first-order chi connectivity index (χ1) is 20.0. The van der Waals surface area contributed by atoms with Crippen LogP contribution in [-0.4, -0.2) is 35.9 Å². The van der Waals surface area contributed by atoms with E-state index in [1.807, 2.05) is 13.1 Å². The maximum Gasteiger partial charge on any atom is 0.159 e. The van der Waals surface area contributed by atoms with E-state index >= 15 is 0 Å². The van der Waals surface area contributed by atoms with Gasteiger partial charge in [-0.1, -0.05) is 31.2 Å². The summed E-state index contributed by atoms with van der Waals surface area (Å²) in [5, 5.41) is 12.0. The molecule has 2 heterocycles. The number of aryl methyl sites for hydroxylation is 2. The molecule has 0 aliphatic carbocycles. The Hall–Kier alpha value is -3.74. The first kappa shape index (κ1) is 31.2. The standard InChI is InChI=1S/C35H43F2N5/c1-8-30(38-9-2)33(24(4)35(7)21-34(5,6)39-22-35)41-31(17-13-25-12-16-28(36)29(37)20-25)26-14-15-27(23(3)19-26)32-11-10-18-40-42-32/h8,12,14-16,18-20,22,38H,9-11,13,17,21H2,1-7H3/b30-8-,33-24+,41-31?. The van der Waals surface area contributed by atoms with Crippen LogP contribution in [0.4, 0.5) is 8.78 Å². The summed E-state index contributed by atoms with van der Waals surface area (Å²) in [5.74, 6) is -1.68. The Balaban J connectivity index is 1.84. The van der Waals surface area contributed by atoms with Crippen molar-refractivity contribution in [2.24, 2.45) is 25.6 Å². The highest BCUT2D eigenvalue weighted by Crippen LogP contribution is 2.43. The Kier molecular flexibility index (Phi) is 9.70. The first-order valence-corrected chi connectivity index (χ1v) is 14.9. The lowest BCUT2D eigenvalue weighted by Gasteiger charge is -2.28. The third kappa shape index (κ3) is 7.18. The quantitative estimate of drug-likeness (QED) is 0.226. The Bertz CT molecular complexity index is 1510. The van der Waals surface area contributed by atoms with E-state index in [0.717, 1.165) is 76.5 Å². The average molecular weight is 572 g/mol. The van der Waals surface area contributed by atoms with Crippen LogP contribution in [0.2, 0.25) is 0 Å². The van der Waals surface area contributed by atoms with Crippen LogP contribution >= 0.6 is 0 Å². The molecule has 222 valence electrons. The molecule has 0 amide bonds. The molecule has 0 aromatic heterocycles. The SMILES string of the molecule is C/C=C(NCC)/C(N=C(CCc1ccc(F)c(F)c1)c1ccc(C2=NN=CCC2)c(C)c1)=C(/C)C1(C)C=NC(C)(C)C1. The van der Waals surface area contributed by atoms with Gasteiger partial charge in [-0.2, -0.15) is 10.2 Å². The number of benzene rings is 2. The van der Waals surface area contributed by atoms with E-state index < -0.39 is 11.6 Å². The number of hydrogen-bond donors (Lipinski definition) is 1. The molecule has 7 heteroatoms. The topological polar surface area (TPSA) is 61.5 Å². The lowest BCUT2D eigenvalue weighted by atomic mass is 9.76. The molecule has 42 heavy (non-hydrogen) atoms. The molecule has 0 bridgehead atoms. The van der Waals surface area contributed by atoms with Crippen molar-refractivity contribution in [3.63, 3.8) is 0 Å². The predicted molar refractivity (Wildman–Crippen MR) is 172 cm³/mol. The van der Waals surface area contributed by atoms with Gasteiger partial charge in [-0.15, -0.1) is 0 Å². The highest BCUT2D eigenvalue weighted by molar-refractivity contribution is 6.06. The van der Waals surface area contributed by atoms with Crippen molar-refractivity contribution in [2.75, 3.05) is 6.54 Å². The third-order valence-electron chi connectivity index (χ3n) is 8.14. The molecule has 1 atom stereocenters. The molecule has 0 spiro atoms. The fourth-order valence-corrected chi connectivity index (χ4v) is 5.80. The Morgan fingerprint density at radius 3 is 2.48 bits per heavy atom. The van der Waals surface area contributed by atoms with Crippen LogP contribution in [0, 0.1) is 24.0 Å². The van der Waals surface area contributed by atoms with Crippen LogP contribution in [0.1, 0.15) is 89.5 Å². The molecule has 0 radical (unpaired) electrons. The minimum Gasteiger partial charge on any atom is -0.384 e. The van der Waals surface area contributed by atoms with E-state index in [9.17, 15) is 8.78 Å². The minimum absolute atomic E-state index is 0.145. The molecule has 2 aromatic carbocycles. The number of likely N-dealkylation sites (N-methyl/N-ethyl adjacent to an activating group) is 1.